The molecule has 0 bridgehead atoms. The molecule has 2 aromatic rings. The molecule has 2 aromatic heterocycles. The number of nitrogens with two attached hydrogens (primary N) is 1. The summed E-state index contributed by atoms with van der Waals surface area (Å²) < 4.78 is 3.98. The number of aromatic nitrogens is 3. The zero-order valence-electron chi connectivity index (χ0n) is 9.89. The fraction of sp³-hybridized carbons (Fsp3) is 0.200. The first-order valence-corrected chi connectivity index (χ1v) is 5.92. The first kappa shape index (κ1) is 12.4. The lowest BCUT2D eigenvalue weighted by molar-refractivity contribution is 0.102. The number of carbonyl (C=O) groups excluding carboxylic acids is 1. The van der Waals surface area contributed by atoms with Crippen LogP contribution < -0.4 is 16.6 Å². The SMILES string of the molecule is Cc1cc(NN)c(C(=O)Nc2nc(C)ns2)cn1. The van der Waals surface area contributed by atoms with Gasteiger partial charge < -0.3 is 5.43 Å². The van der Waals surface area contributed by atoms with Crippen molar-refractivity contribution in [2.75, 3.05) is 10.7 Å². The summed E-state index contributed by atoms with van der Waals surface area (Å²) in [5.41, 5.74) is 4.12. The Morgan fingerprint density at radius 3 is 2.83 bits per heavy atom. The first-order chi connectivity index (χ1) is 8.60. The van der Waals surface area contributed by atoms with Gasteiger partial charge in [-0.1, -0.05) is 0 Å². The highest BCUT2D eigenvalue weighted by Gasteiger charge is 2.13. The third-order valence-corrected chi connectivity index (χ3v) is 2.91. The first-order valence-electron chi connectivity index (χ1n) is 5.15. The summed E-state index contributed by atoms with van der Waals surface area (Å²) in [5.74, 6) is 5.66. The van der Waals surface area contributed by atoms with E-state index in [1.165, 1.54) is 6.20 Å². The minimum Gasteiger partial charge on any atom is -0.323 e. The zero-order valence-corrected chi connectivity index (χ0v) is 10.7. The monoisotopic (exact) mass is 264 g/mol. The summed E-state index contributed by atoms with van der Waals surface area (Å²) in [6.07, 6.45) is 1.47. The molecule has 0 fully saturated rings. The van der Waals surface area contributed by atoms with Gasteiger partial charge in [0.25, 0.3) is 5.91 Å². The van der Waals surface area contributed by atoms with Crippen molar-refractivity contribution >= 4 is 28.3 Å². The van der Waals surface area contributed by atoms with Crippen LogP contribution in [0.5, 0.6) is 0 Å². The molecule has 1 amide bonds. The van der Waals surface area contributed by atoms with Crippen LogP contribution in [-0.4, -0.2) is 20.2 Å². The van der Waals surface area contributed by atoms with Gasteiger partial charge in [0.15, 0.2) is 0 Å². The summed E-state index contributed by atoms with van der Waals surface area (Å²) in [5, 5.41) is 3.09. The van der Waals surface area contributed by atoms with Crippen LogP contribution in [0.25, 0.3) is 0 Å². The molecular formula is C10H12N6OS. The van der Waals surface area contributed by atoms with E-state index in [9.17, 15) is 4.79 Å². The summed E-state index contributed by atoms with van der Waals surface area (Å²) in [6, 6.07) is 1.69. The van der Waals surface area contributed by atoms with Crippen molar-refractivity contribution in [2.45, 2.75) is 13.8 Å². The Morgan fingerprint density at radius 1 is 1.44 bits per heavy atom. The molecule has 18 heavy (non-hydrogen) atoms. The number of amides is 1. The Kier molecular flexibility index (Phi) is 3.49. The second-order valence-electron chi connectivity index (χ2n) is 3.62. The van der Waals surface area contributed by atoms with Crippen molar-refractivity contribution in [1.82, 2.24) is 14.3 Å². The van der Waals surface area contributed by atoms with Gasteiger partial charge in [-0.3, -0.25) is 20.9 Å². The molecule has 0 aliphatic carbocycles. The van der Waals surface area contributed by atoms with Crippen molar-refractivity contribution in [3.63, 3.8) is 0 Å². The molecule has 0 aliphatic heterocycles. The maximum absolute atomic E-state index is 12.0. The number of carbonyl (C=O) groups is 1. The van der Waals surface area contributed by atoms with Crippen molar-refractivity contribution in [3.05, 3.63) is 29.3 Å². The molecule has 0 unspecified atom stereocenters. The number of pyridine rings is 1. The maximum atomic E-state index is 12.0. The van der Waals surface area contributed by atoms with Crippen LogP contribution in [0.4, 0.5) is 10.8 Å². The van der Waals surface area contributed by atoms with Crippen molar-refractivity contribution < 1.29 is 4.79 Å². The van der Waals surface area contributed by atoms with Gasteiger partial charge in [-0.25, -0.2) is 4.98 Å². The molecule has 0 radical (unpaired) electrons. The Morgan fingerprint density at radius 2 is 2.22 bits per heavy atom. The van der Waals surface area contributed by atoms with Gasteiger partial charge in [0.05, 0.1) is 11.3 Å². The van der Waals surface area contributed by atoms with Gasteiger partial charge >= 0.3 is 0 Å². The van der Waals surface area contributed by atoms with E-state index in [2.05, 4.69) is 25.1 Å². The van der Waals surface area contributed by atoms with E-state index >= 15 is 0 Å². The van der Waals surface area contributed by atoms with E-state index in [0.29, 0.717) is 22.2 Å². The summed E-state index contributed by atoms with van der Waals surface area (Å²) in [4.78, 5) is 20.1. The third kappa shape index (κ3) is 2.60. The number of hydrogen-bond acceptors (Lipinski definition) is 7. The minimum atomic E-state index is -0.327. The van der Waals surface area contributed by atoms with Gasteiger partial charge in [-0.05, 0) is 19.9 Å². The number of rotatable bonds is 3. The Bertz CT molecular complexity index is 581. The number of anilines is 2. The molecule has 0 saturated carbocycles. The molecule has 0 aliphatic rings. The fourth-order valence-corrected chi connectivity index (χ4v) is 1.94. The number of hydrogen-bond donors (Lipinski definition) is 3. The average molecular weight is 264 g/mol. The molecule has 8 heteroatoms. The predicted molar refractivity (Wildman–Crippen MR) is 69.4 cm³/mol. The lowest BCUT2D eigenvalue weighted by atomic mass is 10.2. The van der Waals surface area contributed by atoms with E-state index in [-0.39, 0.29) is 5.91 Å². The van der Waals surface area contributed by atoms with Gasteiger partial charge in [0.2, 0.25) is 5.13 Å². The van der Waals surface area contributed by atoms with Gasteiger partial charge in [0, 0.05) is 23.4 Å². The number of nitrogens with one attached hydrogen (secondary N) is 2. The Balaban J connectivity index is 2.23. The van der Waals surface area contributed by atoms with Crippen LogP contribution in [0.3, 0.4) is 0 Å². The number of nitrogen functional groups attached to an aromatic ring is 1. The largest absolute Gasteiger partial charge is 0.323 e. The van der Waals surface area contributed by atoms with E-state index in [0.717, 1.165) is 17.2 Å². The molecule has 0 aromatic carbocycles. The smallest absolute Gasteiger partial charge is 0.261 e. The minimum absolute atomic E-state index is 0.327. The number of hydrazine groups is 1. The van der Waals surface area contributed by atoms with Crippen molar-refractivity contribution in [2.24, 2.45) is 5.84 Å². The maximum Gasteiger partial charge on any atom is 0.261 e. The molecule has 7 nitrogen and oxygen atoms in total. The average Bonchev–Trinajstić information content (AvgIpc) is 2.74. The summed E-state index contributed by atoms with van der Waals surface area (Å²) in [7, 11) is 0. The van der Waals surface area contributed by atoms with E-state index in [1.54, 1.807) is 13.0 Å². The highest BCUT2D eigenvalue weighted by atomic mass is 32.1. The van der Waals surface area contributed by atoms with Gasteiger partial charge in [-0.15, -0.1) is 0 Å². The Hall–Kier alpha value is -2.06. The molecule has 2 rings (SSSR count). The van der Waals surface area contributed by atoms with Crippen LogP contribution in [0.15, 0.2) is 12.3 Å². The molecule has 0 spiro atoms. The molecule has 0 atom stereocenters. The summed E-state index contributed by atoms with van der Waals surface area (Å²) in [6.45, 7) is 3.57. The van der Waals surface area contributed by atoms with Crippen molar-refractivity contribution in [1.29, 1.82) is 0 Å². The second kappa shape index (κ2) is 5.07. The number of aryl methyl sites for hydroxylation is 2. The van der Waals surface area contributed by atoms with Gasteiger partial charge in [0.1, 0.15) is 5.82 Å². The van der Waals surface area contributed by atoms with Crippen LogP contribution in [0, 0.1) is 13.8 Å². The fourth-order valence-electron chi connectivity index (χ4n) is 1.37. The highest BCUT2D eigenvalue weighted by Crippen LogP contribution is 2.17. The van der Waals surface area contributed by atoms with Crippen LogP contribution in [0.1, 0.15) is 21.9 Å². The second-order valence-corrected chi connectivity index (χ2v) is 4.37. The topological polar surface area (TPSA) is 106 Å². The van der Waals surface area contributed by atoms with Crippen LogP contribution >= 0.6 is 11.5 Å². The standard InChI is InChI=1S/C10H12N6OS/c1-5-3-8(15-11)7(4-12-5)9(17)14-10-13-6(2)16-18-10/h3-4H,11H2,1-2H3,(H,12,15)(H,13,14,16,17). The normalized spacial score (nSPS) is 10.2. The molecule has 94 valence electrons. The van der Waals surface area contributed by atoms with Gasteiger partial charge in [-0.2, -0.15) is 4.37 Å². The van der Waals surface area contributed by atoms with E-state index in [4.69, 9.17) is 5.84 Å². The van der Waals surface area contributed by atoms with E-state index in [1.807, 2.05) is 6.92 Å². The van der Waals surface area contributed by atoms with Crippen LogP contribution in [0.2, 0.25) is 0 Å². The molecule has 2 heterocycles. The quantitative estimate of drug-likeness (QED) is 0.566. The highest BCUT2D eigenvalue weighted by molar-refractivity contribution is 7.09. The van der Waals surface area contributed by atoms with Crippen molar-refractivity contribution in [3.8, 4) is 0 Å². The molecule has 4 N–H and O–H groups in total. The zero-order chi connectivity index (χ0) is 13.1. The third-order valence-electron chi connectivity index (χ3n) is 2.19. The molecule has 0 saturated heterocycles. The molecular weight excluding hydrogens is 252 g/mol. The van der Waals surface area contributed by atoms with E-state index < -0.39 is 0 Å². The van der Waals surface area contributed by atoms with Crippen LogP contribution in [-0.2, 0) is 0 Å². The lowest BCUT2D eigenvalue weighted by Gasteiger charge is -2.08. The Labute approximate surface area is 108 Å². The lowest BCUT2D eigenvalue weighted by Crippen LogP contribution is -2.17. The predicted octanol–water partition coefficient (Wildman–Crippen LogP) is 1.09. The number of nitrogens with zero attached hydrogens (tertiary/aromatic N) is 3. The summed E-state index contributed by atoms with van der Waals surface area (Å²) >= 11 is 1.12.